The number of piperidine rings is 1. The van der Waals surface area contributed by atoms with Gasteiger partial charge in [-0.15, -0.1) is 0 Å². The molecular formula is C16H16F2N2O4. The summed E-state index contributed by atoms with van der Waals surface area (Å²) in [7, 11) is 0. The van der Waals surface area contributed by atoms with Crippen LogP contribution in [0.2, 0.25) is 0 Å². The van der Waals surface area contributed by atoms with E-state index in [1.54, 1.807) is 0 Å². The molecule has 3 rings (SSSR count). The number of aromatic nitrogens is 1. The maximum atomic E-state index is 13.9. The zero-order valence-corrected chi connectivity index (χ0v) is 12.7. The Morgan fingerprint density at radius 2 is 2.17 bits per heavy atom. The first kappa shape index (κ1) is 16.2. The molecule has 1 aromatic heterocycles. The summed E-state index contributed by atoms with van der Waals surface area (Å²) in [6.07, 6.45) is -0.190. The minimum atomic E-state index is -1.11. The third-order valence-electron chi connectivity index (χ3n) is 4.37. The number of rotatable bonds is 3. The molecule has 0 radical (unpaired) electrons. The molecule has 0 spiro atoms. The van der Waals surface area contributed by atoms with Crippen molar-refractivity contribution in [1.82, 2.24) is 10.1 Å². The lowest BCUT2D eigenvalue weighted by molar-refractivity contribution is 0.0965. The number of carboxylic acid groups (broad SMARTS) is 1. The number of amides is 1. The molecule has 6 nitrogen and oxygen atoms in total. The average Bonchev–Trinajstić information content (AvgIpc) is 2.97. The van der Waals surface area contributed by atoms with E-state index in [0.717, 1.165) is 18.2 Å². The summed E-state index contributed by atoms with van der Waals surface area (Å²) in [4.78, 5) is 23.9. The number of halogens is 2. The Morgan fingerprint density at radius 3 is 2.83 bits per heavy atom. The van der Waals surface area contributed by atoms with Gasteiger partial charge in [0, 0.05) is 24.6 Å². The molecule has 24 heavy (non-hydrogen) atoms. The van der Waals surface area contributed by atoms with Crippen molar-refractivity contribution in [3.63, 3.8) is 0 Å². The van der Waals surface area contributed by atoms with Crippen LogP contribution in [0.5, 0.6) is 0 Å². The molecule has 0 saturated carbocycles. The summed E-state index contributed by atoms with van der Waals surface area (Å²) < 4.78 is 32.3. The second kappa shape index (κ2) is 6.46. The first-order chi connectivity index (χ1) is 11.4. The molecule has 1 aromatic carbocycles. The van der Waals surface area contributed by atoms with E-state index < -0.39 is 23.8 Å². The third kappa shape index (κ3) is 3.32. The first-order valence-electron chi connectivity index (χ1n) is 7.56. The van der Waals surface area contributed by atoms with Crippen LogP contribution in [0.4, 0.5) is 13.6 Å². The van der Waals surface area contributed by atoms with Gasteiger partial charge in [-0.3, -0.25) is 4.79 Å². The zero-order valence-electron chi connectivity index (χ0n) is 12.7. The van der Waals surface area contributed by atoms with E-state index in [-0.39, 0.29) is 30.0 Å². The number of aromatic amines is 1. The second-order valence-corrected chi connectivity index (χ2v) is 5.91. The highest BCUT2D eigenvalue weighted by atomic mass is 19.1. The van der Waals surface area contributed by atoms with Crippen LogP contribution in [0.1, 0.15) is 30.1 Å². The molecule has 0 aliphatic carbocycles. The molecule has 0 unspecified atom stereocenters. The smallest absolute Gasteiger partial charge is 0.407 e. The molecule has 1 saturated heterocycles. The summed E-state index contributed by atoms with van der Waals surface area (Å²) in [5, 5.41) is 11.6. The van der Waals surface area contributed by atoms with Crippen molar-refractivity contribution >= 4 is 6.09 Å². The van der Waals surface area contributed by atoms with Gasteiger partial charge in [-0.25, -0.2) is 13.6 Å². The largest absolute Gasteiger partial charge is 0.465 e. The highest BCUT2D eigenvalue weighted by molar-refractivity contribution is 5.65. The number of likely N-dealkylation sites (tertiary alicyclic amines) is 1. The van der Waals surface area contributed by atoms with E-state index in [4.69, 9.17) is 4.52 Å². The number of nitrogens with zero attached hydrogens (tertiary/aromatic N) is 1. The standard InChI is InChI=1S/C16H16F2N2O4/c17-11-1-2-13(18)10(5-11)7-12-6-9(3-4-20(12)16(22)23)14-8-15(21)19-24-14/h1-2,5,8-9,12H,3-4,6-7H2,(H,19,21)(H,22,23)/t9-,12+/m0/s1. The summed E-state index contributed by atoms with van der Waals surface area (Å²) in [6.45, 7) is 0.233. The van der Waals surface area contributed by atoms with Gasteiger partial charge in [0.1, 0.15) is 17.4 Å². The van der Waals surface area contributed by atoms with Crippen molar-refractivity contribution in [2.75, 3.05) is 6.54 Å². The lowest BCUT2D eigenvalue weighted by atomic mass is 9.86. The number of hydrogen-bond acceptors (Lipinski definition) is 3. The minimum absolute atomic E-state index is 0.0566. The Bertz CT molecular complexity index is 801. The van der Waals surface area contributed by atoms with Crippen LogP contribution in [-0.2, 0) is 6.42 Å². The van der Waals surface area contributed by atoms with E-state index in [1.165, 1.54) is 11.0 Å². The lowest BCUT2D eigenvalue weighted by Crippen LogP contribution is -2.46. The van der Waals surface area contributed by atoms with E-state index in [1.807, 2.05) is 0 Å². The minimum Gasteiger partial charge on any atom is -0.465 e. The molecule has 128 valence electrons. The maximum absolute atomic E-state index is 13.9. The highest BCUT2D eigenvalue weighted by Crippen LogP contribution is 2.32. The predicted molar refractivity (Wildman–Crippen MR) is 79.9 cm³/mol. The molecule has 0 bridgehead atoms. The van der Waals surface area contributed by atoms with Crippen LogP contribution in [0, 0.1) is 11.6 Å². The fraction of sp³-hybridized carbons (Fsp3) is 0.375. The van der Waals surface area contributed by atoms with Crippen LogP contribution in [0.15, 0.2) is 33.6 Å². The van der Waals surface area contributed by atoms with Crippen LogP contribution in [0.25, 0.3) is 0 Å². The summed E-state index contributed by atoms with van der Waals surface area (Å²) in [5.41, 5.74) is -0.235. The van der Waals surface area contributed by atoms with Crippen LogP contribution < -0.4 is 5.56 Å². The molecule has 2 heterocycles. The van der Waals surface area contributed by atoms with Gasteiger partial charge in [0.2, 0.25) is 0 Å². The van der Waals surface area contributed by atoms with E-state index in [9.17, 15) is 23.5 Å². The van der Waals surface area contributed by atoms with Crippen molar-refractivity contribution < 1.29 is 23.2 Å². The van der Waals surface area contributed by atoms with E-state index >= 15 is 0 Å². The van der Waals surface area contributed by atoms with Gasteiger partial charge < -0.3 is 14.5 Å². The average molecular weight is 338 g/mol. The first-order valence-corrected chi connectivity index (χ1v) is 7.56. The van der Waals surface area contributed by atoms with E-state index in [0.29, 0.717) is 18.6 Å². The maximum Gasteiger partial charge on any atom is 0.407 e. The Balaban J connectivity index is 1.84. The van der Waals surface area contributed by atoms with Crippen molar-refractivity contribution in [1.29, 1.82) is 0 Å². The number of carbonyl (C=O) groups is 1. The number of nitrogens with one attached hydrogen (secondary N) is 1. The SMILES string of the molecule is O=C(O)N1CC[C@H](c2cc(=O)[nH]o2)C[C@@H]1Cc1cc(F)ccc1F. The third-order valence-corrected chi connectivity index (χ3v) is 4.37. The Kier molecular flexibility index (Phi) is 4.37. The molecule has 1 fully saturated rings. The van der Waals surface area contributed by atoms with Crippen molar-refractivity contribution in [3.05, 3.63) is 57.6 Å². The molecule has 8 heteroatoms. The van der Waals surface area contributed by atoms with E-state index in [2.05, 4.69) is 5.16 Å². The predicted octanol–water partition coefficient (Wildman–Crippen LogP) is 2.71. The molecular weight excluding hydrogens is 322 g/mol. The van der Waals surface area contributed by atoms with Crippen LogP contribution in [-0.4, -0.2) is 33.8 Å². The molecule has 2 N–H and O–H groups in total. The fourth-order valence-electron chi connectivity index (χ4n) is 3.21. The van der Waals surface area contributed by atoms with Gasteiger partial charge in [0.15, 0.2) is 0 Å². The monoisotopic (exact) mass is 338 g/mol. The summed E-state index contributed by atoms with van der Waals surface area (Å²) >= 11 is 0. The Labute approximate surface area is 135 Å². The second-order valence-electron chi connectivity index (χ2n) is 5.91. The van der Waals surface area contributed by atoms with Gasteiger partial charge in [-0.05, 0) is 43.0 Å². The fourth-order valence-corrected chi connectivity index (χ4v) is 3.21. The lowest BCUT2D eigenvalue weighted by Gasteiger charge is -2.37. The number of benzene rings is 1. The summed E-state index contributed by atoms with van der Waals surface area (Å²) in [6, 6.07) is 3.93. The van der Waals surface area contributed by atoms with Crippen LogP contribution >= 0.6 is 0 Å². The molecule has 1 aliphatic heterocycles. The Morgan fingerprint density at radius 1 is 1.38 bits per heavy atom. The summed E-state index contributed by atoms with van der Waals surface area (Å²) in [5.74, 6) is -0.842. The van der Waals surface area contributed by atoms with Gasteiger partial charge in [0.05, 0.1) is 0 Å². The van der Waals surface area contributed by atoms with Crippen molar-refractivity contribution in [3.8, 4) is 0 Å². The number of H-pyrrole nitrogens is 1. The normalized spacial score (nSPS) is 21.0. The topological polar surface area (TPSA) is 86.5 Å². The Hall–Kier alpha value is -2.64. The number of hydrogen-bond donors (Lipinski definition) is 2. The molecule has 2 atom stereocenters. The molecule has 2 aromatic rings. The molecule has 1 amide bonds. The van der Waals surface area contributed by atoms with Gasteiger partial charge in [0.25, 0.3) is 5.56 Å². The quantitative estimate of drug-likeness (QED) is 0.901. The zero-order chi connectivity index (χ0) is 17.3. The van der Waals surface area contributed by atoms with Crippen LogP contribution in [0.3, 0.4) is 0 Å². The highest BCUT2D eigenvalue weighted by Gasteiger charge is 2.34. The van der Waals surface area contributed by atoms with Crippen molar-refractivity contribution in [2.24, 2.45) is 0 Å². The van der Waals surface area contributed by atoms with Crippen molar-refractivity contribution in [2.45, 2.75) is 31.2 Å². The van der Waals surface area contributed by atoms with Gasteiger partial charge >= 0.3 is 6.09 Å². The van der Waals surface area contributed by atoms with Gasteiger partial charge in [-0.1, -0.05) is 0 Å². The van der Waals surface area contributed by atoms with Gasteiger partial charge in [-0.2, -0.15) is 5.16 Å². The molecule has 1 aliphatic rings.